The molecule has 3 rings (SSSR count). The third-order valence-corrected chi connectivity index (χ3v) is 5.00. The Morgan fingerprint density at radius 2 is 2.00 bits per heavy atom. The van der Waals surface area contributed by atoms with E-state index in [2.05, 4.69) is 10.2 Å². The number of piperidine rings is 1. The van der Waals surface area contributed by atoms with Crippen LogP contribution >= 0.6 is 0 Å². The largest absolute Gasteiger partial charge is 0.380 e. The van der Waals surface area contributed by atoms with Gasteiger partial charge in [-0.1, -0.05) is 30.3 Å². The Morgan fingerprint density at radius 3 is 2.71 bits per heavy atom. The number of hydrogen-bond donors (Lipinski definition) is 1. The second kappa shape index (κ2) is 9.16. The van der Waals surface area contributed by atoms with Crippen LogP contribution in [0.1, 0.15) is 24.8 Å². The van der Waals surface area contributed by atoms with Gasteiger partial charge in [-0.05, 0) is 43.8 Å². The fraction of sp³-hybridized carbons (Fsp3) is 0.632. The lowest BCUT2D eigenvalue weighted by Crippen LogP contribution is -2.44. The molecule has 0 radical (unpaired) electrons. The molecule has 1 aromatic rings. The number of benzene rings is 1. The van der Waals surface area contributed by atoms with E-state index in [1.54, 1.807) is 0 Å². The van der Waals surface area contributed by atoms with Crippen molar-refractivity contribution in [3.05, 3.63) is 35.9 Å². The van der Waals surface area contributed by atoms with Gasteiger partial charge < -0.3 is 14.8 Å². The van der Waals surface area contributed by atoms with Gasteiger partial charge in [-0.2, -0.15) is 0 Å². The Bertz CT molecular complexity index is 495. The standard InChI is InChI=1S/C19H28N2O3/c22-19(15-24-13-17-4-2-1-3-5-17)20-12-16-6-9-21(10-7-16)18-8-11-23-14-18/h1-5,16,18H,6-15H2,(H,20,22)/t18-/m1/s1. The average molecular weight is 332 g/mol. The van der Waals surface area contributed by atoms with E-state index in [1.165, 1.54) is 6.42 Å². The lowest BCUT2D eigenvalue weighted by Gasteiger charge is -2.35. The van der Waals surface area contributed by atoms with Crippen LogP contribution < -0.4 is 5.32 Å². The van der Waals surface area contributed by atoms with Crippen LogP contribution in [-0.4, -0.2) is 56.3 Å². The molecule has 2 aliphatic rings. The normalized spacial score (nSPS) is 22.6. The molecule has 1 atom stereocenters. The molecule has 1 amide bonds. The van der Waals surface area contributed by atoms with E-state index in [-0.39, 0.29) is 12.5 Å². The summed E-state index contributed by atoms with van der Waals surface area (Å²) in [5, 5.41) is 3.02. The van der Waals surface area contributed by atoms with Crippen molar-refractivity contribution >= 4 is 5.91 Å². The van der Waals surface area contributed by atoms with Crippen molar-refractivity contribution < 1.29 is 14.3 Å². The molecule has 0 aliphatic carbocycles. The topological polar surface area (TPSA) is 50.8 Å². The molecule has 2 fully saturated rings. The third-order valence-electron chi connectivity index (χ3n) is 5.00. The number of carbonyl (C=O) groups is 1. The minimum absolute atomic E-state index is 0.0162. The first-order valence-corrected chi connectivity index (χ1v) is 9.01. The van der Waals surface area contributed by atoms with Crippen LogP contribution in [0.3, 0.4) is 0 Å². The van der Waals surface area contributed by atoms with Gasteiger partial charge in [0.15, 0.2) is 0 Å². The van der Waals surface area contributed by atoms with E-state index in [0.29, 0.717) is 18.6 Å². The lowest BCUT2D eigenvalue weighted by atomic mass is 9.95. The fourth-order valence-electron chi connectivity index (χ4n) is 3.48. The number of amides is 1. The molecule has 1 aromatic carbocycles. The maximum absolute atomic E-state index is 11.9. The zero-order valence-electron chi connectivity index (χ0n) is 14.3. The van der Waals surface area contributed by atoms with Crippen LogP contribution in [0, 0.1) is 5.92 Å². The number of nitrogens with zero attached hydrogens (tertiary/aromatic N) is 1. The lowest BCUT2D eigenvalue weighted by molar-refractivity contribution is -0.126. The summed E-state index contributed by atoms with van der Waals surface area (Å²) in [6.45, 7) is 5.42. The Hall–Kier alpha value is -1.43. The summed E-state index contributed by atoms with van der Waals surface area (Å²) < 4.78 is 10.9. The number of nitrogens with one attached hydrogen (secondary N) is 1. The molecule has 5 nitrogen and oxygen atoms in total. The van der Waals surface area contributed by atoms with Gasteiger partial charge in [0, 0.05) is 19.2 Å². The Morgan fingerprint density at radius 1 is 1.21 bits per heavy atom. The molecular weight excluding hydrogens is 304 g/mol. The molecule has 24 heavy (non-hydrogen) atoms. The van der Waals surface area contributed by atoms with Gasteiger partial charge >= 0.3 is 0 Å². The Labute approximate surface area is 144 Å². The predicted molar refractivity (Wildman–Crippen MR) is 92.6 cm³/mol. The van der Waals surface area contributed by atoms with Crippen LogP contribution in [0.4, 0.5) is 0 Å². The monoisotopic (exact) mass is 332 g/mol. The molecule has 132 valence electrons. The molecule has 2 heterocycles. The summed E-state index contributed by atoms with van der Waals surface area (Å²) in [7, 11) is 0. The van der Waals surface area contributed by atoms with Gasteiger partial charge in [0.2, 0.25) is 5.91 Å². The van der Waals surface area contributed by atoms with Crippen LogP contribution in [0.15, 0.2) is 30.3 Å². The van der Waals surface area contributed by atoms with Gasteiger partial charge in [0.05, 0.1) is 13.2 Å². The number of likely N-dealkylation sites (tertiary alicyclic amines) is 1. The highest BCUT2D eigenvalue weighted by Crippen LogP contribution is 2.21. The second-order valence-electron chi connectivity index (χ2n) is 6.78. The van der Waals surface area contributed by atoms with Gasteiger partial charge in [-0.3, -0.25) is 9.69 Å². The summed E-state index contributed by atoms with van der Waals surface area (Å²) in [6, 6.07) is 10.5. The molecule has 2 aliphatic heterocycles. The molecule has 1 N–H and O–H groups in total. The minimum Gasteiger partial charge on any atom is -0.380 e. The van der Waals surface area contributed by atoms with Crippen molar-refractivity contribution in [1.82, 2.24) is 10.2 Å². The van der Waals surface area contributed by atoms with Crippen molar-refractivity contribution in [3.8, 4) is 0 Å². The van der Waals surface area contributed by atoms with Gasteiger partial charge in [-0.15, -0.1) is 0 Å². The molecule has 0 bridgehead atoms. The molecular formula is C19H28N2O3. The van der Waals surface area contributed by atoms with Crippen LogP contribution in [0.25, 0.3) is 0 Å². The molecule has 0 unspecified atom stereocenters. The first kappa shape index (κ1) is 17.4. The van der Waals surface area contributed by atoms with E-state index in [0.717, 1.165) is 51.3 Å². The van der Waals surface area contributed by atoms with E-state index >= 15 is 0 Å². The van der Waals surface area contributed by atoms with E-state index in [1.807, 2.05) is 30.3 Å². The molecule has 5 heteroatoms. The number of carbonyl (C=O) groups excluding carboxylic acids is 1. The maximum Gasteiger partial charge on any atom is 0.246 e. The molecule has 0 saturated carbocycles. The maximum atomic E-state index is 11.9. The van der Waals surface area contributed by atoms with Crippen LogP contribution in [0.5, 0.6) is 0 Å². The third kappa shape index (κ3) is 5.30. The highest BCUT2D eigenvalue weighted by molar-refractivity contribution is 5.77. The van der Waals surface area contributed by atoms with Crippen LogP contribution in [0.2, 0.25) is 0 Å². The van der Waals surface area contributed by atoms with E-state index in [4.69, 9.17) is 9.47 Å². The highest BCUT2D eigenvalue weighted by atomic mass is 16.5. The summed E-state index contributed by atoms with van der Waals surface area (Å²) in [5.41, 5.74) is 1.09. The summed E-state index contributed by atoms with van der Waals surface area (Å²) in [6.07, 6.45) is 3.48. The summed E-state index contributed by atoms with van der Waals surface area (Å²) in [4.78, 5) is 14.4. The Balaban J connectivity index is 1.27. The van der Waals surface area contributed by atoms with Crippen molar-refractivity contribution in [2.75, 3.05) is 39.5 Å². The molecule has 0 aromatic heterocycles. The second-order valence-corrected chi connectivity index (χ2v) is 6.78. The van der Waals surface area contributed by atoms with Crippen molar-refractivity contribution in [2.45, 2.75) is 31.9 Å². The zero-order valence-corrected chi connectivity index (χ0v) is 14.3. The molecule has 0 spiro atoms. The van der Waals surface area contributed by atoms with Gasteiger partial charge in [0.25, 0.3) is 0 Å². The van der Waals surface area contributed by atoms with Crippen molar-refractivity contribution in [3.63, 3.8) is 0 Å². The van der Waals surface area contributed by atoms with Crippen LogP contribution in [-0.2, 0) is 20.9 Å². The minimum atomic E-state index is -0.0162. The average Bonchev–Trinajstić information content (AvgIpc) is 3.16. The highest BCUT2D eigenvalue weighted by Gasteiger charge is 2.27. The quantitative estimate of drug-likeness (QED) is 0.827. The smallest absolute Gasteiger partial charge is 0.246 e. The fourth-order valence-corrected chi connectivity index (χ4v) is 3.48. The summed E-state index contributed by atoms with van der Waals surface area (Å²) in [5.74, 6) is 0.569. The SMILES string of the molecule is O=C(COCc1ccccc1)NCC1CCN([C@@H]2CCOC2)CC1. The molecule has 2 saturated heterocycles. The number of ether oxygens (including phenoxy) is 2. The van der Waals surface area contributed by atoms with Gasteiger partial charge in [-0.25, -0.2) is 0 Å². The van der Waals surface area contributed by atoms with Crippen molar-refractivity contribution in [1.29, 1.82) is 0 Å². The zero-order chi connectivity index (χ0) is 16.6. The first-order valence-electron chi connectivity index (χ1n) is 9.01. The predicted octanol–water partition coefficient (Wildman–Crippen LogP) is 1.82. The Kier molecular flexibility index (Phi) is 6.64. The van der Waals surface area contributed by atoms with E-state index < -0.39 is 0 Å². The van der Waals surface area contributed by atoms with E-state index in [9.17, 15) is 4.79 Å². The number of rotatable bonds is 7. The number of hydrogen-bond acceptors (Lipinski definition) is 4. The van der Waals surface area contributed by atoms with Crippen molar-refractivity contribution in [2.24, 2.45) is 5.92 Å². The first-order chi connectivity index (χ1) is 11.8. The summed E-state index contributed by atoms with van der Waals surface area (Å²) >= 11 is 0. The van der Waals surface area contributed by atoms with Gasteiger partial charge in [0.1, 0.15) is 6.61 Å².